The number of phenols is 1. The number of hydrogen-bond acceptors (Lipinski definition) is 2. The lowest BCUT2D eigenvalue weighted by atomic mass is 10.1. The van der Waals surface area contributed by atoms with Crippen LogP contribution in [0.25, 0.3) is 10.4 Å². The second-order valence-electron chi connectivity index (χ2n) is 2.71. The Morgan fingerprint density at radius 1 is 1.57 bits per heavy atom. The fraction of sp³-hybridized carbons (Fsp3) is 0.200. The average Bonchev–Trinajstić information content (AvgIpc) is 2.15. The molecule has 0 aliphatic rings. The van der Waals surface area contributed by atoms with E-state index in [1.807, 2.05) is 13.0 Å². The van der Waals surface area contributed by atoms with Gasteiger partial charge in [0.25, 0.3) is 0 Å². The van der Waals surface area contributed by atoms with E-state index in [-0.39, 0.29) is 12.3 Å². The minimum Gasteiger partial charge on any atom is -0.507 e. The summed E-state index contributed by atoms with van der Waals surface area (Å²) in [5, 5.41) is 12.7. The van der Waals surface area contributed by atoms with Crippen LogP contribution in [0.5, 0.6) is 5.75 Å². The summed E-state index contributed by atoms with van der Waals surface area (Å²) >= 11 is 0. The molecule has 0 amide bonds. The summed E-state index contributed by atoms with van der Waals surface area (Å²) in [6.45, 7) is 2.00. The van der Waals surface area contributed by atoms with Crippen LogP contribution in [0.15, 0.2) is 23.3 Å². The molecule has 1 aromatic carbocycles. The second-order valence-corrected chi connectivity index (χ2v) is 2.71. The summed E-state index contributed by atoms with van der Waals surface area (Å²) < 4.78 is 0. The fourth-order valence-electron chi connectivity index (χ4n) is 0.949. The molecule has 0 radical (unpaired) electrons. The summed E-state index contributed by atoms with van der Waals surface area (Å²) in [6, 6.07) is 5.22. The number of hydrogen-bond donors (Lipinski definition) is 1. The molecule has 1 N–H and O–H groups in total. The van der Waals surface area contributed by atoms with E-state index in [1.165, 1.54) is 0 Å². The van der Waals surface area contributed by atoms with Gasteiger partial charge in [-0.3, -0.25) is 0 Å². The van der Waals surface area contributed by atoms with Crippen LogP contribution in [0.3, 0.4) is 0 Å². The molecular weight excluding hydrogens is 178 g/mol. The molecule has 0 fully saturated rings. The minimum atomic E-state index is 0.115. The maximum absolute atomic E-state index is 9.44. The minimum absolute atomic E-state index is 0.115. The molecule has 0 saturated carbocycles. The molecule has 0 spiro atoms. The Kier molecular flexibility index (Phi) is 3.42. The number of nitrogens with zero attached hydrogens (tertiary/aromatic N) is 3. The Bertz CT molecular complexity index is 436. The van der Waals surface area contributed by atoms with Crippen molar-refractivity contribution in [2.75, 3.05) is 6.54 Å². The Morgan fingerprint density at radius 2 is 2.36 bits per heavy atom. The van der Waals surface area contributed by atoms with Crippen LogP contribution in [-0.4, -0.2) is 11.7 Å². The maximum Gasteiger partial charge on any atom is 0.131 e. The predicted molar refractivity (Wildman–Crippen MR) is 53.7 cm³/mol. The van der Waals surface area contributed by atoms with Gasteiger partial charge in [-0.2, -0.15) is 0 Å². The van der Waals surface area contributed by atoms with Gasteiger partial charge in [-0.15, -0.1) is 0 Å². The zero-order valence-corrected chi connectivity index (χ0v) is 7.73. The molecule has 0 heterocycles. The van der Waals surface area contributed by atoms with Crippen LogP contribution in [-0.2, 0) is 0 Å². The quantitative estimate of drug-likeness (QED) is 0.312. The van der Waals surface area contributed by atoms with E-state index in [9.17, 15) is 5.11 Å². The number of aryl methyl sites for hydroxylation is 1. The van der Waals surface area contributed by atoms with Crippen molar-refractivity contribution in [2.45, 2.75) is 6.92 Å². The molecule has 1 aromatic rings. The van der Waals surface area contributed by atoms with Crippen LogP contribution in [0.4, 0.5) is 0 Å². The highest BCUT2D eigenvalue weighted by Crippen LogP contribution is 2.16. The number of aromatic hydroxyl groups is 1. The van der Waals surface area contributed by atoms with Gasteiger partial charge in [0.05, 0.1) is 12.1 Å². The van der Waals surface area contributed by atoms with Gasteiger partial charge in [-0.05, 0) is 30.2 Å². The topological polar surface area (TPSA) is 69.0 Å². The van der Waals surface area contributed by atoms with Crippen molar-refractivity contribution in [2.24, 2.45) is 5.11 Å². The smallest absolute Gasteiger partial charge is 0.131 e. The zero-order chi connectivity index (χ0) is 10.4. The van der Waals surface area contributed by atoms with Crippen LogP contribution in [0.2, 0.25) is 0 Å². The summed E-state index contributed by atoms with van der Waals surface area (Å²) in [5.41, 5.74) is 9.52. The van der Waals surface area contributed by atoms with Gasteiger partial charge >= 0.3 is 0 Å². The fourth-order valence-corrected chi connectivity index (χ4v) is 0.949. The zero-order valence-electron chi connectivity index (χ0n) is 7.73. The summed E-state index contributed by atoms with van der Waals surface area (Å²) in [4.78, 5) is 2.56. The Balaban J connectivity index is 2.84. The van der Waals surface area contributed by atoms with Gasteiger partial charge in [-0.25, -0.2) is 0 Å². The highest BCUT2D eigenvalue weighted by atomic mass is 16.3. The van der Waals surface area contributed by atoms with E-state index in [0.717, 1.165) is 5.56 Å². The van der Waals surface area contributed by atoms with Crippen molar-refractivity contribution in [3.63, 3.8) is 0 Å². The average molecular weight is 187 g/mol. The molecule has 0 aromatic heterocycles. The molecular formula is C10H9N3O. The SMILES string of the molecule is Cc1ccc(C#CCN=[N+]=[N-])c(O)c1. The second kappa shape index (κ2) is 4.80. The highest BCUT2D eigenvalue weighted by Gasteiger charge is 1.95. The van der Waals surface area contributed by atoms with E-state index in [4.69, 9.17) is 5.53 Å². The van der Waals surface area contributed by atoms with E-state index in [1.54, 1.807) is 12.1 Å². The number of benzene rings is 1. The van der Waals surface area contributed by atoms with Crippen LogP contribution < -0.4 is 0 Å². The highest BCUT2D eigenvalue weighted by molar-refractivity contribution is 5.46. The first-order valence-electron chi connectivity index (χ1n) is 4.03. The lowest BCUT2D eigenvalue weighted by molar-refractivity contribution is 0.473. The van der Waals surface area contributed by atoms with Gasteiger partial charge in [0.1, 0.15) is 5.75 Å². The molecule has 14 heavy (non-hydrogen) atoms. The van der Waals surface area contributed by atoms with E-state index in [0.29, 0.717) is 5.56 Å². The lowest BCUT2D eigenvalue weighted by Crippen LogP contribution is -1.79. The molecule has 4 nitrogen and oxygen atoms in total. The normalized spacial score (nSPS) is 8.36. The van der Waals surface area contributed by atoms with Crippen LogP contribution in [0.1, 0.15) is 11.1 Å². The van der Waals surface area contributed by atoms with Crippen LogP contribution >= 0.6 is 0 Å². The van der Waals surface area contributed by atoms with E-state index >= 15 is 0 Å². The molecule has 0 atom stereocenters. The predicted octanol–water partition coefficient (Wildman–Crippen LogP) is 2.36. The Morgan fingerprint density at radius 3 is 3.00 bits per heavy atom. The van der Waals surface area contributed by atoms with Crippen molar-refractivity contribution in [3.8, 4) is 17.6 Å². The maximum atomic E-state index is 9.44. The van der Waals surface area contributed by atoms with Gasteiger partial charge in [0.2, 0.25) is 0 Å². The van der Waals surface area contributed by atoms with Crippen molar-refractivity contribution < 1.29 is 5.11 Å². The third-order valence-electron chi connectivity index (χ3n) is 1.59. The molecule has 0 bridgehead atoms. The third-order valence-corrected chi connectivity index (χ3v) is 1.59. The number of rotatable bonds is 1. The monoisotopic (exact) mass is 187 g/mol. The molecule has 4 heteroatoms. The first-order chi connectivity index (χ1) is 6.74. The molecule has 0 aliphatic heterocycles. The summed E-state index contributed by atoms with van der Waals surface area (Å²) in [7, 11) is 0. The molecule has 0 unspecified atom stereocenters. The summed E-state index contributed by atoms with van der Waals surface area (Å²) in [6.07, 6.45) is 0. The molecule has 0 aliphatic carbocycles. The Hall–Kier alpha value is -2.11. The van der Waals surface area contributed by atoms with Crippen molar-refractivity contribution in [1.29, 1.82) is 0 Å². The molecule has 70 valence electrons. The standard InChI is InChI=1S/C10H9N3O/c1-8-4-5-9(10(14)7-8)3-2-6-12-13-11/h4-5,7,14H,6H2,1H3. The number of azide groups is 1. The number of phenolic OH excluding ortho intramolecular Hbond substituents is 1. The first-order valence-corrected chi connectivity index (χ1v) is 4.03. The Labute approximate surface area is 81.8 Å². The van der Waals surface area contributed by atoms with Gasteiger partial charge in [0, 0.05) is 4.91 Å². The largest absolute Gasteiger partial charge is 0.507 e. The van der Waals surface area contributed by atoms with Gasteiger partial charge < -0.3 is 5.11 Å². The van der Waals surface area contributed by atoms with E-state index in [2.05, 4.69) is 21.9 Å². The van der Waals surface area contributed by atoms with Gasteiger partial charge in [0.15, 0.2) is 0 Å². The van der Waals surface area contributed by atoms with Crippen molar-refractivity contribution >= 4 is 0 Å². The lowest BCUT2D eigenvalue weighted by Gasteiger charge is -1.97. The van der Waals surface area contributed by atoms with E-state index < -0.39 is 0 Å². The van der Waals surface area contributed by atoms with Crippen molar-refractivity contribution in [1.82, 2.24) is 0 Å². The molecule has 0 saturated heterocycles. The molecule has 1 rings (SSSR count). The van der Waals surface area contributed by atoms with Crippen LogP contribution in [0, 0.1) is 18.8 Å². The third kappa shape index (κ3) is 2.74. The first kappa shape index (κ1) is 9.97. The van der Waals surface area contributed by atoms with Crippen molar-refractivity contribution in [3.05, 3.63) is 39.8 Å². The summed E-state index contributed by atoms with van der Waals surface area (Å²) in [5.74, 6) is 5.49. The van der Waals surface area contributed by atoms with Gasteiger partial charge in [-0.1, -0.05) is 23.0 Å².